The number of carbonyl (C=O) groups is 1. The van der Waals surface area contributed by atoms with Crippen molar-refractivity contribution in [2.75, 3.05) is 5.75 Å². The maximum absolute atomic E-state index is 12.1. The van der Waals surface area contributed by atoms with Crippen LogP contribution in [-0.4, -0.2) is 27.9 Å². The van der Waals surface area contributed by atoms with Crippen molar-refractivity contribution in [1.82, 2.24) is 15.5 Å². The van der Waals surface area contributed by atoms with Crippen molar-refractivity contribution in [3.8, 4) is 11.5 Å². The van der Waals surface area contributed by atoms with Gasteiger partial charge in [0.25, 0.3) is 5.22 Å². The third-order valence-electron chi connectivity index (χ3n) is 4.21. The molecule has 1 aliphatic rings. The minimum absolute atomic E-state index is 0.0354. The lowest BCUT2D eigenvalue weighted by molar-refractivity contribution is -0.119. The third kappa shape index (κ3) is 4.34. The lowest BCUT2D eigenvalue weighted by Gasteiger charge is -2.29. The van der Waals surface area contributed by atoms with Crippen molar-refractivity contribution in [1.29, 1.82) is 0 Å². The molecule has 1 aliphatic carbocycles. The number of amides is 1. The van der Waals surface area contributed by atoms with E-state index in [9.17, 15) is 4.79 Å². The fraction of sp³-hybridized carbons (Fsp3) is 0.471. The average molecular weight is 331 g/mol. The first-order valence-electron chi connectivity index (χ1n) is 8.03. The van der Waals surface area contributed by atoms with Gasteiger partial charge in [0.05, 0.1) is 5.75 Å². The van der Waals surface area contributed by atoms with E-state index in [1.165, 1.54) is 31.0 Å². The molecule has 122 valence electrons. The molecule has 0 aliphatic heterocycles. The van der Waals surface area contributed by atoms with Gasteiger partial charge >= 0.3 is 0 Å². The van der Waals surface area contributed by atoms with Gasteiger partial charge < -0.3 is 9.73 Å². The van der Waals surface area contributed by atoms with Crippen LogP contribution < -0.4 is 5.32 Å². The monoisotopic (exact) mass is 331 g/mol. The Balaban J connectivity index is 1.50. The lowest BCUT2D eigenvalue weighted by atomic mass is 9.86. The minimum Gasteiger partial charge on any atom is -0.411 e. The topological polar surface area (TPSA) is 68.0 Å². The van der Waals surface area contributed by atoms with Crippen LogP contribution in [0, 0.1) is 5.92 Å². The van der Waals surface area contributed by atoms with E-state index in [2.05, 4.69) is 22.4 Å². The summed E-state index contributed by atoms with van der Waals surface area (Å²) in [7, 11) is 0. The van der Waals surface area contributed by atoms with Crippen LogP contribution in [0.3, 0.4) is 0 Å². The van der Waals surface area contributed by atoms with Crippen LogP contribution in [0.15, 0.2) is 40.0 Å². The zero-order chi connectivity index (χ0) is 16.1. The Labute approximate surface area is 140 Å². The number of nitrogens with one attached hydrogen (secondary N) is 1. The molecule has 23 heavy (non-hydrogen) atoms. The summed E-state index contributed by atoms with van der Waals surface area (Å²) in [4.78, 5) is 12.1. The molecule has 1 heterocycles. The number of rotatable bonds is 5. The summed E-state index contributed by atoms with van der Waals surface area (Å²) < 4.78 is 5.59. The second kappa shape index (κ2) is 7.64. The van der Waals surface area contributed by atoms with Gasteiger partial charge in [0.1, 0.15) is 0 Å². The summed E-state index contributed by atoms with van der Waals surface area (Å²) in [5, 5.41) is 11.6. The highest BCUT2D eigenvalue weighted by molar-refractivity contribution is 7.99. The van der Waals surface area contributed by atoms with Crippen molar-refractivity contribution in [2.45, 2.75) is 43.9 Å². The Bertz CT molecular complexity index is 644. The minimum atomic E-state index is 0.0354. The van der Waals surface area contributed by atoms with Crippen LogP contribution in [0.4, 0.5) is 0 Å². The summed E-state index contributed by atoms with van der Waals surface area (Å²) in [5.41, 5.74) is 0.882. The van der Waals surface area contributed by atoms with E-state index in [4.69, 9.17) is 4.42 Å². The standard InChI is InChI=1S/C17H21N3O2S/c1-12-7-5-6-10-14(12)18-15(21)11-23-17-20-19-16(22-17)13-8-3-2-4-9-13/h2-4,8-9,12,14H,5-7,10-11H2,1H3,(H,18,21)/t12-,14+/m0/s1. The summed E-state index contributed by atoms with van der Waals surface area (Å²) in [6, 6.07) is 9.92. The van der Waals surface area contributed by atoms with Gasteiger partial charge in [-0.3, -0.25) is 4.79 Å². The number of thioether (sulfide) groups is 1. The highest BCUT2D eigenvalue weighted by Gasteiger charge is 2.23. The zero-order valence-electron chi connectivity index (χ0n) is 13.2. The maximum atomic E-state index is 12.1. The molecule has 1 saturated carbocycles. The number of aromatic nitrogens is 2. The van der Waals surface area contributed by atoms with Crippen molar-refractivity contribution >= 4 is 17.7 Å². The molecule has 0 radical (unpaired) electrons. The average Bonchev–Trinajstić information content (AvgIpc) is 3.05. The van der Waals surface area contributed by atoms with E-state index in [-0.39, 0.29) is 5.91 Å². The summed E-state index contributed by atoms with van der Waals surface area (Å²) in [5.74, 6) is 1.38. The predicted molar refractivity (Wildman–Crippen MR) is 90.0 cm³/mol. The SMILES string of the molecule is C[C@H]1CCCC[C@H]1NC(=O)CSc1nnc(-c2ccccc2)o1. The first-order chi connectivity index (χ1) is 11.2. The molecule has 0 spiro atoms. The van der Waals surface area contributed by atoms with Gasteiger partial charge in [0.2, 0.25) is 11.8 Å². The molecule has 0 saturated heterocycles. The fourth-order valence-electron chi connectivity index (χ4n) is 2.87. The Kier molecular flexibility index (Phi) is 5.33. The molecule has 2 atom stereocenters. The quantitative estimate of drug-likeness (QED) is 0.849. The van der Waals surface area contributed by atoms with Crippen molar-refractivity contribution in [2.24, 2.45) is 5.92 Å². The summed E-state index contributed by atoms with van der Waals surface area (Å²) >= 11 is 1.28. The zero-order valence-corrected chi connectivity index (χ0v) is 14.0. The van der Waals surface area contributed by atoms with Crippen LogP contribution >= 0.6 is 11.8 Å². The molecular formula is C17H21N3O2S. The molecule has 0 unspecified atom stereocenters. The molecule has 1 amide bonds. The molecule has 2 aromatic rings. The van der Waals surface area contributed by atoms with Gasteiger partial charge in [-0.05, 0) is 30.9 Å². The molecule has 1 N–H and O–H groups in total. The van der Waals surface area contributed by atoms with Crippen molar-refractivity contribution < 1.29 is 9.21 Å². The maximum Gasteiger partial charge on any atom is 0.277 e. The van der Waals surface area contributed by atoms with Gasteiger partial charge in [-0.1, -0.05) is 49.7 Å². The van der Waals surface area contributed by atoms with E-state index in [0.717, 1.165) is 12.0 Å². The summed E-state index contributed by atoms with van der Waals surface area (Å²) in [6.45, 7) is 2.21. The molecule has 5 nitrogen and oxygen atoms in total. The second-order valence-corrected chi connectivity index (χ2v) is 6.89. The van der Waals surface area contributed by atoms with Crippen LogP contribution in [0.1, 0.15) is 32.6 Å². The van der Waals surface area contributed by atoms with E-state index in [1.54, 1.807) is 0 Å². The first kappa shape index (κ1) is 16.1. The van der Waals surface area contributed by atoms with E-state index < -0.39 is 0 Å². The Morgan fingerprint density at radius 1 is 1.26 bits per heavy atom. The van der Waals surface area contributed by atoms with Crippen LogP contribution in [0.25, 0.3) is 11.5 Å². The van der Waals surface area contributed by atoms with Crippen LogP contribution in [-0.2, 0) is 4.79 Å². The van der Waals surface area contributed by atoms with Crippen LogP contribution in [0.5, 0.6) is 0 Å². The molecule has 0 bridgehead atoms. The Morgan fingerprint density at radius 3 is 2.83 bits per heavy atom. The highest BCUT2D eigenvalue weighted by atomic mass is 32.2. The smallest absolute Gasteiger partial charge is 0.277 e. The van der Waals surface area contributed by atoms with E-state index in [1.807, 2.05) is 30.3 Å². The molecule has 1 aromatic carbocycles. The fourth-order valence-corrected chi connectivity index (χ4v) is 3.45. The molecule has 1 aromatic heterocycles. The van der Waals surface area contributed by atoms with Crippen LogP contribution in [0.2, 0.25) is 0 Å². The van der Waals surface area contributed by atoms with Gasteiger partial charge in [0, 0.05) is 11.6 Å². The third-order valence-corrected chi connectivity index (χ3v) is 5.03. The highest BCUT2D eigenvalue weighted by Crippen LogP contribution is 2.25. The Morgan fingerprint density at radius 2 is 2.04 bits per heavy atom. The van der Waals surface area contributed by atoms with Crippen molar-refractivity contribution in [3.63, 3.8) is 0 Å². The molecule has 1 fully saturated rings. The molecule has 6 heteroatoms. The normalized spacial score (nSPS) is 21.1. The number of carbonyl (C=O) groups excluding carboxylic acids is 1. The number of benzene rings is 1. The first-order valence-corrected chi connectivity index (χ1v) is 9.02. The molecular weight excluding hydrogens is 310 g/mol. The Hall–Kier alpha value is -1.82. The van der Waals surface area contributed by atoms with Gasteiger partial charge in [-0.2, -0.15) is 0 Å². The van der Waals surface area contributed by atoms with Crippen molar-refractivity contribution in [3.05, 3.63) is 30.3 Å². The second-order valence-electron chi connectivity index (χ2n) is 5.96. The number of hydrogen-bond acceptors (Lipinski definition) is 5. The number of hydrogen-bond donors (Lipinski definition) is 1. The lowest BCUT2D eigenvalue weighted by Crippen LogP contribution is -2.41. The largest absolute Gasteiger partial charge is 0.411 e. The van der Waals surface area contributed by atoms with Gasteiger partial charge in [-0.15, -0.1) is 10.2 Å². The van der Waals surface area contributed by atoms with Gasteiger partial charge in [-0.25, -0.2) is 0 Å². The van der Waals surface area contributed by atoms with Gasteiger partial charge in [0.15, 0.2) is 0 Å². The van der Waals surface area contributed by atoms with E-state index >= 15 is 0 Å². The predicted octanol–water partition coefficient (Wildman–Crippen LogP) is 3.52. The molecule has 3 rings (SSSR count). The summed E-state index contributed by atoms with van der Waals surface area (Å²) in [6.07, 6.45) is 4.75. The van der Waals surface area contributed by atoms with E-state index in [0.29, 0.717) is 28.8 Å². The number of nitrogens with zero attached hydrogens (tertiary/aromatic N) is 2.